The van der Waals surface area contributed by atoms with Gasteiger partial charge in [0.25, 0.3) is 5.91 Å². The van der Waals surface area contributed by atoms with Gasteiger partial charge in [0, 0.05) is 25.4 Å². The molecule has 2 fully saturated rings. The molecule has 0 aromatic carbocycles. The Bertz CT molecular complexity index is 391. The highest BCUT2D eigenvalue weighted by Crippen LogP contribution is 2.41. The summed E-state index contributed by atoms with van der Waals surface area (Å²) < 4.78 is 5.13. The van der Waals surface area contributed by atoms with Crippen molar-refractivity contribution in [3.63, 3.8) is 0 Å². The molecule has 0 unspecified atom stereocenters. The van der Waals surface area contributed by atoms with Crippen molar-refractivity contribution >= 4 is 11.9 Å². The first-order chi connectivity index (χ1) is 10.3. The molecule has 128 valence electrons. The molecule has 0 bridgehead atoms. The standard InChI is InChI=1S/C15H26N2O3.C2H6/c1-5-16-8-6-15(7-9-16)10-17(11-15)13(19)14(3,4)20-12(2)18;1-2/h5-11H2,1-4H3;1-2H3. The smallest absolute Gasteiger partial charge is 0.303 e. The van der Waals surface area contributed by atoms with E-state index in [0.29, 0.717) is 5.41 Å². The third kappa shape index (κ3) is 4.22. The van der Waals surface area contributed by atoms with Gasteiger partial charge in [0.15, 0.2) is 5.60 Å². The average molecular weight is 312 g/mol. The minimum atomic E-state index is -1.04. The molecule has 0 aliphatic carbocycles. The molecular formula is C17H32N2O3. The first kappa shape index (κ1) is 18.9. The first-order valence-corrected chi connectivity index (χ1v) is 8.49. The van der Waals surface area contributed by atoms with E-state index in [4.69, 9.17) is 4.74 Å². The molecule has 2 saturated heterocycles. The second kappa shape index (κ2) is 7.44. The van der Waals surface area contributed by atoms with E-state index >= 15 is 0 Å². The lowest BCUT2D eigenvalue weighted by molar-refractivity contribution is -0.177. The van der Waals surface area contributed by atoms with Crippen molar-refractivity contribution in [1.29, 1.82) is 0 Å². The Labute approximate surface area is 135 Å². The summed E-state index contributed by atoms with van der Waals surface area (Å²) in [6, 6.07) is 0. The van der Waals surface area contributed by atoms with Gasteiger partial charge in [0.05, 0.1) is 0 Å². The third-order valence-electron chi connectivity index (χ3n) is 4.62. The molecule has 2 heterocycles. The van der Waals surface area contributed by atoms with Crippen molar-refractivity contribution < 1.29 is 14.3 Å². The highest BCUT2D eigenvalue weighted by Gasteiger charge is 2.49. The largest absolute Gasteiger partial charge is 0.450 e. The minimum Gasteiger partial charge on any atom is -0.450 e. The lowest BCUT2D eigenvalue weighted by atomic mass is 9.71. The van der Waals surface area contributed by atoms with E-state index in [1.807, 2.05) is 18.7 Å². The van der Waals surface area contributed by atoms with E-state index in [2.05, 4.69) is 11.8 Å². The van der Waals surface area contributed by atoms with E-state index in [1.54, 1.807) is 13.8 Å². The van der Waals surface area contributed by atoms with Gasteiger partial charge in [-0.15, -0.1) is 0 Å². The molecule has 0 N–H and O–H groups in total. The molecular weight excluding hydrogens is 280 g/mol. The second-order valence-electron chi connectivity index (χ2n) is 6.70. The summed E-state index contributed by atoms with van der Waals surface area (Å²) in [5, 5.41) is 0. The van der Waals surface area contributed by atoms with Gasteiger partial charge < -0.3 is 14.5 Å². The van der Waals surface area contributed by atoms with Crippen molar-refractivity contribution in [1.82, 2.24) is 9.80 Å². The number of piperidine rings is 1. The molecule has 0 aromatic heterocycles. The number of esters is 1. The van der Waals surface area contributed by atoms with Crippen LogP contribution in [0.2, 0.25) is 0 Å². The molecule has 2 aliphatic heterocycles. The fourth-order valence-corrected chi connectivity index (χ4v) is 3.35. The summed E-state index contributed by atoms with van der Waals surface area (Å²) in [5.41, 5.74) is -0.731. The van der Waals surface area contributed by atoms with Gasteiger partial charge in [-0.3, -0.25) is 9.59 Å². The Morgan fingerprint density at radius 1 is 1.14 bits per heavy atom. The summed E-state index contributed by atoms with van der Waals surface area (Å²) in [4.78, 5) is 27.7. The van der Waals surface area contributed by atoms with Crippen molar-refractivity contribution in [2.45, 2.75) is 60.0 Å². The van der Waals surface area contributed by atoms with Crippen LogP contribution in [0.15, 0.2) is 0 Å². The number of carbonyl (C=O) groups excluding carboxylic acids is 2. The van der Waals surface area contributed by atoms with Crippen molar-refractivity contribution in [3.05, 3.63) is 0 Å². The Hall–Kier alpha value is -1.10. The first-order valence-electron chi connectivity index (χ1n) is 8.49. The number of carbonyl (C=O) groups is 2. The van der Waals surface area contributed by atoms with Crippen molar-refractivity contribution in [3.8, 4) is 0 Å². The highest BCUT2D eigenvalue weighted by molar-refractivity contribution is 5.87. The van der Waals surface area contributed by atoms with Crippen LogP contribution in [0.1, 0.15) is 54.4 Å². The zero-order valence-electron chi connectivity index (χ0n) is 15.1. The SMILES string of the molecule is CC.CCN1CCC2(CC1)CN(C(=O)C(C)(C)OC(C)=O)C2. The third-order valence-corrected chi connectivity index (χ3v) is 4.62. The molecule has 0 radical (unpaired) electrons. The Morgan fingerprint density at radius 2 is 1.64 bits per heavy atom. The predicted molar refractivity (Wildman–Crippen MR) is 87.6 cm³/mol. The Kier molecular flexibility index (Phi) is 6.41. The number of ether oxygens (including phenoxy) is 1. The van der Waals surface area contributed by atoms with E-state index in [9.17, 15) is 9.59 Å². The van der Waals surface area contributed by atoms with Crippen LogP contribution in [0.4, 0.5) is 0 Å². The van der Waals surface area contributed by atoms with Crippen LogP contribution in [0.5, 0.6) is 0 Å². The molecule has 0 saturated carbocycles. The maximum Gasteiger partial charge on any atom is 0.303 e. The van der Waals surface area contributed by atoms with Crippen LogP contribution in [-0.4, -0.2) is 60.0 Å². The molecule has 0 atom stereocenters. The van der Waals surface area contributed by atoms with Crippen LogP contribution < -0.4 is 0 Å². The molecule has 2 aliphatic rings. The number of amides is 1. The fraction of sp³-hybridized carbons (Fsp3) is 0.882. The summed E-state index contributed by atoms with van der Waals surface area (Å²) in [6.07, 6.45) is 2.33. The van der Waals surface area contributed by atoms with Crippen LogP contribution in [0, 0.1) is 5.41 Å². The van der Waals surface area contributed by atoms with Gasteiger partial charge >= 0.3 is 5.97 Å². The zero-order valence-corrected chi connectivity index (χ0v) is 15.1. The molecule has 1 amide bonds. The van der Waals surface area contributed by atoms with Crippen molar-refractivity contribution in [2.24, 2.45) is 5.41 Å². The normalized spacial score (nSPS) is 20.7. The fourth-order valence-electron chi connectivity index (χ4n) is 3.35. The predicted octanol–water partition coefficient (Wildman–Crippen LogP) is 2.30. The summed E-state index contributed by atoms with van der Waals surface area (Å²) in [7, 11) is 0. The molecule has 1 spiro atoms. The summed E-state index contributed by atoms with van der Waals surface area (Å²) in [6.45, 7) is 15.9. The molecule has 22 heavy (non-hydrogen) atoms. The van der Waals surface area contributed by atoms with E-state index in [0.717, 1.165) is 32.7 Å². The second-order valence-corrected chi connectivity index (χ2v) is 6.70. The average Bonchev–Trinajstić information content (AvgIpc) is 2.45. The molecule has 0 aromatic rings. The lowest BCUT2D eigenvalue weighted by Gasteiger charge is -2.55. The maximum absolute atomic E-state index is 12.4. The van der Waals surface area contributed by atoms with Crippen LogP contribution in [0.3, 0.4) is 0 Å². The van der Waals surface area contributed by atoms with E-state index in [-0.39, 0.29) is 5.91 Å². The number of hydrogen-bond donors (Lipinski definition) is 0. The van der Waals surface area contributed by atoms with Crippen molar-refractivity contribution in [2.75, 3.05) is 32.7 Å². The number of rotatable bonds is 3. The van der Waals surface area contributed by atoms with E-state index < -0.39 is 11.6 Å². The van der Waals surface area contributed by atoms with Gasteiger partial charge in [0.2, 0.25) is 0 Å². The van der Waals surface area contributed by atoms with Gasteiger partial charge in [0.1, 0.15) is 0 Å². The quantitative estimate of drug-likeness (QED) is 0.750. The number of likely N-dealkylation sites (tertiary alicyclic amines) is 2. The van der Waals surface area contributed by atoms with Gasteiger partial charge in [-0.25, -0.2) is 0 Å². The number of hydrogen-bond acceptors (Lipinski definition) is 4. The Balaban J connectivity index is 0.00000116. The minimum absolute atomic E-state index is 0.0729. The summed E-state index contributed by atoms with van der Waals surface area (Å²) in [5.74, 6) is -0.480. The molecule has 2 rings (SSSR count). The van der Waals surface area contributed by atoms with Gasteiger partial charge in [-0.05, 0) is 46.3 Å². The molecule has 5 heteroatoms. The summed E-state index contributed by atoms with van der Waals surface area (Å²) >= 11 is 0. The van der Waals surface area contributed by atoms with E-state index in [1.165, 1.54) is 19.8 Å². The maximum atomic E-state index is 12.4. The monoisotopic (exact) mass is 312 g/mol. The van der Waals surface area contributed by atoms with Crippen LogP contribution in [-0.2, 0) is 14.3 Å². The molecule has 5 nitrogen and oxygen atoms in total. The van der Waals surface area contributed by atoms with Gasteiger partial charge in [-0.1, -0.05) is 20.8 Å². The lowest BCUT2D eigenvalue weighted by Crippen LogP contribution is -2.65. The number of nitrogens with zero attached hydrogens (tertiary/aromatic N) is 2. The highest BCUT2D eigenvalue weighted by atomic mass is 16.6. The van der Waals surface area contributed by atoms with Crippen LogP contribution in [0.25, 0.3) is 0 Å². The van der Waals surface area contributed by atoms with Crippen LogP contribution >= 0.6 is 0 Å². The Morgan fingerprint density at radius 3 is 2.05 bits per heavy atom. The topological polar surface area (TPSA) is 49.9 Å². The zero-order chi connectivity index (χ0) is 17.0. The van der Waals surface area contributed by atoms with Gasteiger partial charge in [-0.2, -0.15) is 0 Å².